The number of nitrogens with zero attached hydrogens (tertiary/aromatic N) is 2. The van der Waals surface area contributed by atoms with E-state index in [4.69, 9.17) is 5.26 Å². The summed E-state index contributed by atoms with van der Waals surface area (Å²) in [7, 11) is 0. The summed E-state index contributed by atoms with van der Waals surface area (Å²) >= 11 is 0. The highest BCUT2D eigenvalue weighted by atomic mass is 16.2. The van der Waals surface area contributed by atoms with Crippen LogP contribution in [0.1, 0.15) is 32.3 Å². The number of rotatable bonds is 2. The van der Waals surface area contributed by atoms with Crippen molar-refractivity contribution < 1.29 is 9.59 Å². The van der Waals surface area contributed by atoms with Crippen molar-refractivity contribution in [3.8, 4) is 6.07 Å². The van der Waals surface area contributed by atoms with E-state index in [0.717, 1.165) is 12.8 Å². The molecule has 5 nitrogen and oxygen atoms in total. The third-order valence-electron chi connectivity index (χ3n) is 4.15. The van der Waals surface area contributed by atoms with Crippen molar-refractivity contribution in [2.45, 2.75) is 26.7 Å². The monoisotopic (exact) mass is 283 g/mol. The lowest BCUT2D eigenvalue weighted by Crippen LogP contribution is -2.45. The smallest absolute Gasteiger partial charge is 0.242 e. The molecule has 1 aliphatic carbocycles. The highest BCUT2D eigenvalue weighted by Gasteiger charge is 2.44. The molecule has 5 heteroatoms. The van der Waals surface area contributed by atoms with E-state index in [1.165, 1.54) is 0 Å². The van der Waals surface area contributed by atoms with E-state index in [2.05, 4.69) is 11.4 Å². The highest BCUT2D eigenvalue weighted by molar-refractivity contribution is 6.19. The zero-order valence-corrected chi connectivity index (χ0v) is 12.1. The van der Waals surface area contributed by atoms with Crippen molar-refractivity contribution in [1.29, 1.82) is 5.26 Å². The molecule has 1 N–H and O–H groups in total. The summed E-state index contributed by atoms with van der Waals surface area (Å²) in [6, 6.07) is 7.11. The number of benzene rings is 1. The largest absolute Gasteiger partial charge is 0.323 e. The Hall–Kier alpha value is -2.35. The number of hydrogen-bond acceptors (Lipinski definition) is 3. The van der Waals surface area contributed by atoms with Gasteiger partial charge in [0, 0.05) is 6.54 Å². The van der Waals surface area contributed by atoms with Crippen LogP contribution in [0.15, 0.2) is 18.2 Å². The minimum absolute atomic E-state index is 0.185. The zero-order valence-electron chi connectivity index (χ0n) is 12.1. The second-order valence-electron chi connectivity index (χ2n) is 6.28. The summed E-state index contributed by atoms with van der Waals surface area (Å²) in [6.07, 6.45) is 2.24. The maximum Gasteiger partial charge on any atom is 0.242 e. The average molecular weight is 283 g/mol. The molecule has 1 fully saturated rings. The Morgan fingerprint density at radius 1 is 1.38 bits per heavy atom. The lowest BCUT2D eigenvalue weighted by atomic mass is 9.90. The van der Waals surface area contributed by atoms with Gasteiger partial charge < -0.3 is 10.2 Å². The van der Waals surface area contributed by atoms with Gasteiger partial charge in [-0.15, -0.1) is 0 Å². The predicted octanol–water partition coefficient (Wildman–Crippen LogP) is 2.28. The Balaban J connectivity index is 2.10. The molecule has 21 heavy (non-hydrogen) atoms. The van der Waals surface area contributed by atoms with Crippen LogP contribution in [-0.2, 0) is 9.59 Å². The average Bonchev–Trinajstić information content (AvgIpc) is 3.27. The highest BCUT2D eigenvalue weighted by Crippen LogP contribution is 2.39. The number of anilines is 2. The molecule has 108 valence electrons. The molecule has 0 spiro atoms. The summed E-state index contributed by atoms with van der Waals surface area (Å²) in [5.74, 6) is -0.000982. The Kier molecular flexibility index (Phi) is 2.98. The predicted molar refractivity (Wildman–Crippen MR) is 78.6 cm³/mol. The van der Waals surface area contributed by atoms with E-state index < -0.39 is 5.41 Å². The third-order valence-corrected chi connectivity index (χ3v) is 4.15. The van der Waals surface area contributed by atoms with Crippen LogP contribution in [0.2, 0.25) is 0 Å². The van der Waals surface area contributed by atoms with Crippen LogP contribution >= 0.6 is 0 Å². The second kappa shape index (κ2) is 4.59. The van der Waals surface area contributed by atoms with Crippen molar-refractivity contribution in [1.82, 2.24) is 0 Å². The van der Waals surface area contributed by atoms with Crippen LogP contribution in [0, 0.1) is 22.7 Å². The quantitative estimate of drug-likeness (QED) is 0.846. The Bertz CT molecular complexity index is 669. The summed E-state index contributed by atoms with van der Waals surface area (Å²) in [6.45, 7) is 3.92. The minimum atomic E-state index is -1.11. The first-order chi connectivity index (χ1) is 9.93. The van der Waals surface area contributed by atoms with Gasteiger partial charge in [0.25, 0.3) is 0 Å². The van der Waals surface area contributed by atoms with Gasteiger partial charge in [-0.25, -0.2) is 0 Å². The fourth-order valence-electron chi connectivity index (χ4n) is 2.50. The van der Waals surface area contributed by atoms with Gasteiger partial charge in [-0.05, 0) is 50.8 Å². The SMILES string of the molecule is CC1(C)C(=O)Nc2cc(C#N)ccc2N(CC2CC2)C1=O. The van der Waals surface area contributed by atoms with Crippen molar-refractivity contribution in [2.75, 3.05) is 16.8 Å². The molecule has 1 aliphatic heterocycles. The van der Waals surface area contributed by atoms with Crippen molar-refractivity contribution in [3.63, 3.8) is 0 Å². The number of hydrogen-bond donors (Lipinski definition) is 1. The molecule has 2 amide bonds. The van der Waals surface area contributed by atoms with Gasteiger partial charge in [-0.2, -0.15) is 5.26 Å². The van der Waals surface area contributed by atoms with Crippen LogP contribution in [0.25, 0.3) is 0 Å². The summed E-state index contributed by atoms with van der Waals surface area (Å²) < 4.78 is 0. The van der Waals surface area contributed by atoms with Crippen molar-refractivity contribution in [2.24, 2.45) is 11.3 Å². The molecule has 3 rings (SSSR count). The molecule has 0 unspecified atom stereocenters. The number of carbonyl (C=O) groups is 2. The molecule has 0 saturated heterocycles. The first-order valence-corrected chi connectivity index (χ1v) is 7.11. The standard InChI is InChI=1S/C16H17N3O2/c1-16(2)14(20)18-12-7-11(8-17)5-6-13(12)19(15(16)21)9-10-3-4-10/h5-7,10H,3-4,9H2,1-2H3,(H,18,20). The first kappa shape index (κ1) is 13.6. The van der Waals surface area contributed by atoms with E-state index in [1.54, 1.807) is 36.9 Å². The van der Waals surface area contributed by atoms with Gasteiger partial charge in [-0.1, -0.05) is 0 Å². The molecule has 0 aromatic heterocycles. The Morgan fingerprint density at radius 2 is 2.10 bits per heavy atom. The van der Waals surface area contributed by atoms with Gasteiger partial charge in [0.05, 0.1) is 23.0 Å². The molecule has 1 aromatic carbocycles. The number of carbonyl (C=O) groups excluding carboxylic acids is 2. The van der Waals surface area contributed by atoms with Gasteiger partial charge in [-0.3, -0.25) is 9.59 Å². The van der Waals surface area contributed by atoms with E-state index in [9.17, 15) is 9.59 Å². The minimum Gasteiger partial charge on any atom is -0.323 e. The summed E-state index contributed by atoms with van der Waals surface area (Å²) in [5, 5.41) is 11.8. The normalized spacial score (nSPS) is 20.3. The van der Waals surface area contributed by atoms with Gasteiger partial charge in [0.1, 0.15) is 5.41 Å². The van der Waals surface area contributed by atoms with Gasteiger partial charge in [0.2, 0.25) is 11.8 Å². The fourth-order valence-corrected chi connectivity index (χ4v) is 2.50. The lowest BCUT2D eigenvalue weighted by molar-refractivity contribution is -0.136. The Morgan fingerprint density at radius 3 is 2.71 bits per heavy atom. The molecule has 0 atom stereocenters. The van der Waals surface area contributed by atoms with Crippen molar-refractivity contribution in [3.05, 3.63) is 23.8 Å². The molecule has 0 bridgehead atoms. The number of nitriles is 1. The maximum atomic E-state index is 12.8. The van der Waals surface area contributed by atoms with Gasteiger partial charge in [0.15, 0.2) is 0 Å². The third kappa shape index (κ3) is 2.27. The molecular weight excluding hydrogens is 266 g/mol. The number of nitrogens with one attached hydrogen (secondary N) is 1. The number of fused-ring (bicyclic) bond motifs is 1. The lowest BCUT2D eigenvalue weighted by Gasteiger charge is -2.27. The second-order valence-corrected chi connectivity index (χ2v) is 6.28. The van der Waals surface area contributed by atoms with Crippen molar-refractivity contribution >= 4 is 23.2 Å². The van der Waals surface area contributed by atoms with E-state index in [1.807, 2.05) is 0 Å². The summed E-state index contributed by atoms with van der Waals surface area (Å²) in [4.78, 5) is 26.8. The molecule has 0 radical (unpaired) electrons. The molecule has 2 aliphatic rings. The van der Waals surface area contributed by atoms with E-state index >= 15 is 0 Å². The maximum absolute atomic E-state index is 12.8. The first-order valence-electron chi connectivity index (χ1n) is 7.11. The van der Waals surface area contributed by atoms with E-state index in [-0.39, 0.29) is 11.8 Å². The van der Waals surface area contributed by atoms with Crippen LogP contribution in [0.5, 0.6) is 0 Å². The molecular formula is C16H17N3O2. The van der Waals surface area contributed by atoms with Crippen LogP contribution < -0.4 is 10.2 Å². The topological polar surface area (TPSA) is 73.2 Å². The molecule has 1 heterocycles. The molecule has 1 aromatic rings. The van der Waals surface area contributed by atoms with Crippen LogP contribution in [0.4, 0.5) is 11.4 Å². The van der Waals surface area contributed by atoms with Crippen LogP contribution in [-0.4, -0.2) is 18.4 Å². The van der Waals surface area contributed by atoms with E-state index in [0.29, 0.717) is 29.4 Å². The fraction of sp³-hybridized carbons (Fsp3) is 0.438. The number of amides is 2. The molecule has 1 saturated carbocycles. The van der Waals surface area contributed by atoms with Gasteiger partial charge >= 0.3 is 0 Å². The Labute approximate surface area is 123 Å². The zero-order chi connectivity index (χ0) is 15.2. The van der Waals surface area contributed by atoms with Crippen LogP contribution in [0.3, 0.4) is 0 Å². The summed E-state index contributed by atoms with van der Waals surface area (Å²) in [5.41, 5.74) is 0.580.